The first-order chi connectivity index (χ1) is 14.2. The van der Waals surface area contributed by atoms with E-state index < -0.39 is 0 Å². The van der Waals surface area contributed by atoms with Crippen LogP contribution in [0.1, 0.15) is 91.9 Å². The van der Waals surface area contributed by atoms with Gasteiger partial charge in [0.05, 0.1) is 12.2 Å². The van der Waals surface area contributed by atoms with Crippen LogP contribution in [0.3, 0.4) is 0 Å². The minimum atomic E-state index is -0.231. The average molecular weight is 420 g/mol. The molecule has 4 nitrogen and oxygen atoms in total. The highest BCUT2D eigenvalue weighted by atomic mass is 16.3. The standard InChI is InChI=1S/C26H45NO3/c1-5-27-24(30)11-6-16(2)20-9-10-21-19-8-7-17-14-18(28)12-13-25(17,3)22(19)15-23(29)26(20,21)4/h16-23,28-29H,5-15H2,1-4H3,(H,27,30)/t16?,17-,18?,19?,20-,21?,22?,23?,25+,26-/m1/s1. The highest BCUT2D eigenvalue weighted by Crippen LogP contribution is 2.68. The fourth-order valence-corrected chi connectivity index (χ4v) is 9.01. The predicted octanol–water partition coefficient (Wildman–Crippen LogP) is 4.53. The molecule has 0 saturated heterocycles. The Morgan fingerprint density at radius 2 is 1.83 bits per heavy atom. The molecule has 1 amide bonds. The first-order valence-electron chi connectivity index (χ1n) is 12.8. The molecule has 172 valence electrons. The van der Waals surface area contributed by atoms with Crippen molar-refractivity contribution in [3.63, 3.8) is 0 Å². The molecule has 0 radical (unpaired) electrons. The SMILES string of the molecule is CCNC(=O)CCC(C)[C@H]1CCC2C3CC[C@@H]4CC(O)CC[C@]4(C)C3CC(O)[C@@]21C. The van der Waals surface area contributed by atoms with Gasteiger partial charge in [-0.25, -0.2) is 0 Å². The molecule has 3 N–H and O–H groups in total. The van der Waals surface area contributed by atoms with Gasteiger partial charge in [0.15, 0.2) is 0 Å². The molecule has 0 aromatic rings. The fraction of sp³-hybridized carbons (Fsp3) is 0.962. The maximum atomic E-state index is 12.0. The van der Waals surface area contributed by atoms with Crippen molar-refractivity contribution < 1.29 is 15.0 Å². The van der Waals surface area contributed by atoms with Crippen molar-refractivity contribution in [2.45, 2.75) is 104 Å². The minimum absolute atomic E-state index is 0.000800. The number of hydrogen-bond acceptors (Lipinski definition) is 3. The number of rotatable bonds is 5. The van der Waals surface area contributed by atoms with Gasteiger partial charge in [0.2, 0.25) is 5.91 Å². The third-order valence-electron chi connectivity index (χ3n) is 10.7. The second-order valence-electron chi connectivity index (χ2n) is 11.9. The first kappa shape index (κ1) is 22.6. The molecule has 0 heterocycles. The van der Waals surface area contributed by atoms with Gasteiger partial charge >= 0.3 is 0 Å². The summed E-state index contributed by atoms with van der Waals surface area (Å²) in [6, 6.07) is 0. The van der Waals surface area contributed by atoms with Crippen LogP contribution in [0.4, 0.5) is 0 Å². The Bertz CT molecular complexity index is 638. The van der Waals surface area contributed by atoms with Crippen molar-refractivity contribution in [3.05, 3.63) is 0 Å². The van der Waals surface area contributed by atoms with Crippen molar-refractivity contribution in [3.8, 4) is 0 Å². The molecule has 4 aliphatic carbocycles. The summed E-state index contributed by atoms with van der Waals surface area (Å²) in [6.45, 7) is 9.86. The van der Waals surface area contributed by atoms with E-state index in [-0.39, 0.29) is 23.5 Å². The van der Waals surface area contributed by atoms with E-state index in [4.69, 9.17) is 0 Å². The summed E-state index contributed by atoms with van der Waals surface area (Å²) in [4.78, 5) is 12.0. The number of hydrogen-bond donors (Lipinski definition) is 3. The van der Waals surface area contributed by atoms with Crippen molar-refractivity contribution >= 4 is 5.91 Å². The predicted molar refractivity (Wildman–Crippen MR) is 120 cm³/mol. The summed E-state index contributed by atoms with van der Waals surface area (Å²) in [7, 11) is 0. The van der Waals surface area contributed by atoms with Crippen molar-refractivity contribution in [1.29, 1.82) is 0 Å². The van der Waals surface area contributed by atoms with E-state index in [1.165, 1.54) is 25.7 Å². The number of amides is 1. The van der Waals surface area contributed by atoms with E-state index in [1.807, 2.05) is 6.92 Å². The summed E-state index contributed by atoms with van der Waals surface area (Å²) in [5.74, 6) is 3.76. The summed E-state index contributed by atoms with van der Waals surface area (Å²) >= 11 is 0. The molecule has 4 saturated carbocycles. The van der Waals surface area contributed by atoms with Gasteiger partial charge in [0, 0.05) is 13.0 Å². The number of carbonyl (C=O) groups excluding carboxylic acids is 1. The summed E-state index contributed by atoms with van der Waals surface area (Å²) in [5.41, 5.74) is 0.297. The molecular weight excluding hydrogens is 374 g/mol. The van der Waals surface area contributed by atoms with E-state index >= 15 is 0 Å². The van der Waals surface area contributed by atoms with Gasteiger partial charge in [0.25, 0.3) is 0 Å². The lowest BCUT2D eigenvalue weighted by Gasteiger charge is -2.62. The zero-order valence-corrected chi connectivity index (χ0v) is 19.7. The highest BCUT2D eigenvalue weighted by molar-refractivity contribution is 5.75. The van der Waals surface area contributed by atoms with Gasteiger partial charge in [-0.15, -0.1) is 0 Å². The van der Waals surface area contributed by atoms with Crippen LogP contribution in [0.2, 0.25) is 0 Å². The lowest BCUT2D eigenvalue weighted by Crippen LogP contribution is -2.58. The van der Waals surface area contributed by atoms with Crippen LogP contribution in [0.5, 0.6) is 0 Å². The number of aliphatic hydroxyl groups is 2. The van der Waals surface area contributed by atoms with E-state index in [0.717, 1.165) is 38.0 Å². The molecule has 4 rings (SSSR count). The Kier molecular flexibility index (Phi) is 6.31. The first-order valence-corrected chi connectivity index (χ1v) is 12.8. The molecule has 4 fully saturated rings. The molecule has 4 aliphatic rings. The van der Waals surface area contributed by atoms with E-state index in [0.29, 0.717) is 48.0 Å². The van der Waals surface area contributed by atoms with Gasteiger partial charge in [-0.2, -0.15) is 0 Å². The highest BCUT2D eigenvalue weighted by Gasteiger charge is 2.63. The Morgan fingerprint density at radius 3 is 2.57 bits per heavy atom. The zero-order chi connectivity index (χ0) is 21.7. The largest absolute Gasteiger partial charge is 0.393 e. The molecule has 0 spiro atoms. The molecule has 0 bridgehead atoms. The van der Waals surface area contributed by atoms with Crippen molar-refractivity contribution in [2.24, 2.45) is 46.3 Å². The van der Waals surface area contributed by atoms with Crippen molar-refractivity contribution in [1.82, 2.24) is 5.32 Å². The van der Waals surface area contributed by atoms with E-state index in [1.54, 1.807) is 0 Å². The number of nitrogens with one attached hydrogen (secondary N) is 1. The number of aliphatic hydroxyl groups excluding tert-OH is 2. The molecule has 0 aliphatic heterocycles. The third kappa shape index (κ3) is 3.54. The fourth-order valence-electron chi connectivity index (χ4n) is 9.01. The quantitative estimate of drug-likeness (QED) is 0.613. The normalized spacial score (nSPS) is 48.9. The molecule has 0 aromatic heterocycles. The zero-order valence-electron chi connectivity index (χ0n) is 19.7. The van der Waals surface area contributed by atoms with Crippen LogP contribution >= 0.6 is 0 Å². The molecular formula is C26H45NO3. The van der Waals surface area contributed by atoms with Gasteiger partial charge in [0.1, 0.15) is 0 Å². The second kappa shape index (κ2) is 8.39. The minimum Gasteiger partial charge on any atom is -0.393 e. The molecule has 6 unspecified atom stereocenters. The Morgan fingerprint density at radius 1 is 1.07 bits per heavy atom. The summed E-state index contributed by atoms with van der Waals surface area (Å²) < 4.78 is 0. The van der Waals surface area contributed by atoms with E-state index in [2.05, 4.69) is 26.1 Å². The van der Waals surface area contributed by atoms with Crippen LogP contribution in [-0.2, 0) is 4.79 Å². The van der Waals surface area contributed by atoms with Crippen molar-refractivity contribution in [2.75, 3.05) is 6.54 Å². The summed E-state index contributed by atoms with van der Waals surface area (Å²) in [5, 5.41) is 24.8. The molecule has 30 heavy (non-hydrogen) atoms. The van der Waals surface area contributed by atoms with Crippen LogP contribution < -0.4 is 5.32 Å². The molecule has 10 atom stereocenters. The number of carbonyl (C=O) groups is 1. The topological polar surface area (TPSA) is 69.6 Å². The summed E-state index contributed by atoms with van der Waals surface area (Å²) in [6.07, 6.45) is 10.2. The van der Waals surface area contributed by atoms with Crippen LogP contribution in [-0.4, -0.2) is 34.9 Å². The van der Waals surface area contributed by atoms with Crippen LogP contribution in [0.25, 0.3) is 0 Å². The lowest BCUT2D eigenvalue weighted by atomic mass is 9.43. The number of fused-ring (bicyclic) bond motifs is 5. The third-order valence-corrected chi connectivity index (χ3v) is 10.7. The lowest BCUT2D eigenvalue weighted by molar-refractivity contribution is -0.174. The monoisotopic (exact) mass is 419 g/mol. The smallest absolute Gasteiger partial charge is 0.219 e. The Balaban J connectivity index is 1.50. The molecule has 4 heteroatoms. The van der Waals surface area contributed by atoms with Gasteiger partial charge < -0.3 is 15.5 Å². The Hall–Kier alpha value is -0.610. The van der Waals surface area contributed by atoms with Crippen LogP contribution in [0.15, 0.2) is 0 Å². The maximum Gasteiger partial charge on any atom is 0.219 e. The van der Waals surface area contributed by atoms with Crippen LogP contribution in [0, 0.1) is 46.3 Å². The van der Waals surface area contributed by atoms with E-state index in [9.17, 15) is 15.0 Å². The van der Waals surface area contributed by atoms with Gasteiger partial charge in [-0.3, -0.25) is 4.79 Å². The average Bonchev–Trinajstić information content (AvgIpc) is 3.07. The maximum absolute atomic E-state index is 12.0. The second-order valence-corrected chi connectivity index (χ2v) is 11.9. The Labute approximate surface area is 183 Å². The van der Waals surface area contributed by atoms with Gasteiger partial charge in [-0.1, -0.05) is 20.8 Å². The molecule has 0 aromatic carbocycles. The van der Waals surface area contributed by atoms with Gasteiger partial charge in [-0.05, 0) is 111 Å².